The van der Waals surface area contributed by atoms with Crippen LogP contribution in [0.15, 0.2) is 48.3 Å². The number of para-hydroxylation sites is 1. The number of ketones is 1. The van der Waals surface area contributed by atoms with Gasteiger partial charge in [0.2, 0.25) is 0 Å². The van der Waals surface area contributed by atoms with Gasteiger partial charge in [0.15, 0.2) is 5.78 Å². The molecule has 0 aliphatic rings. The molecule has 0 atom stereocenters. The van der Waals surface area contributed by atoms with Crippen molar-refractivity contribution in [3.05, 3.63) is 53.9 Å². The quantitative estimate of drug-likeness (QED) is 0.473. The van der Waals surface area contributed by atoms with Crippen LogP contribution >= 0.6 is 0 Å². The van der Waals surface area contributed by atoms with Gasteiger partial charge >= 0.3 is 0 Å². The number of carbonyl (C=O) groups is 1. The molecule has 0 aliphatic carbocycles. The third kappa shape index (κ3) is 2.93. The Morgan fingerprint density at radius 1 is 1.17 bits per heavy atom. The van der Waals surface area contributed by atoms with Crippen molar-refractivity contribution in [3.63, 3.8) is 0 Å². The highest BCUT2D eigenvalue weighted by Crippen LogP contribution is 2.17. The van der Waals surface area contributed by atoms with Crippen molar-refractivity contribution in [3.8, 4) is 0 Å². The third-order valence-electron chi connectivity index (χ3n) is 2.65. The van der Waals surface area contributed by atoms with Crippen LogP contribution < -0.4 is 0 Å². The predicted octanol–water partition coefficient (Wildman–Crippen LogP) is 3.85. The first-order valence-electron chi connectivity index (χ1n) is 6.05. The smallest absolute Gasteiger partial charge is 0.185 e. The fourth-order valence-corrected chi connectivity index (χ4v) is 2.38. The summed E-state index contributed by atoms with van der Waals surface area (Å²) in [5.74, 6) is 0.0658. The van der Waals surface area contributed by atoms with E-state index in [-0.39, 0.29) is 5.78 Å². The van der Waals surface area contributed by atoms with Gasteiger partial charge in [-0.3, -0.25) is 9.78 Å². The van der Waals surface area contributed by atoms with E-state index >= 15 is 0 Å². The number of benzene rings is 1. The summed E-state index contributed by atoms with van der Waals surface area (Å²) in [7, 11) is -1.34. The van der Waals surface area contributed by atoms with Gasteiger partial charge in [-0.1, -0.05) is 43.5 Å². The molecule has 1 aromatic carbocycles. The molecule has 92 valence electrons. The second kappa shape index (κ2) is 4.86. The first kappa shape index (κ1) is 12.7. The maximum absolute atomic E-state index is 12.2. The van der Waals surface area contributed by atoms with E-state index in [2.05, 4.69) is 30.3 Å². The van der Waals surface area contributed by atoms with E-state index in [1.165, 1.54) is 0 Å². The molecule has 1 aromatic heterocycles. The van der Waals surface area contributed by atoms with Gasteiger partial charge in [-0.15, -0.1) is 0 Å². The number of hydrogen-bond donors (Lipinski definition) is 0. The maximum atomic E-state index is 12.2. The topological polar surface area (TPSA) is 30.0 Å². The molecular formula is C15H17NOSi. The first-order valence-corrected chi connectivity index (χ1v) is 9.62. The van der Waals surface area contributed by atoms with E-state index < -0.39 is 8.07 Å². The molecule has 0 spiro atoms. The fourth-order valence-electron chi connectivity index (χ4n) is 1.73. The second-order valence-corrected chi connectivity index (χ2v) is 10.5. The number of carbonyl (C=O) groups excluding carboxylic acids is 1. The van der Waals surface area contributed by atoms with Gasteiger partial charge in [0.05, 0.1) is 13.6 Å². The van der Waals surface area contributed by atoms with Gasteiger partial charge in [0.1, 0.15) is 0 Å². The molecule has 2 rings (SSSR count). The van der Waals surface area contributed by atoms with Gasteiger partial charge in [-0.05, 0) is 18.2 Å². The number of nitrogens with zero attached hydrogens (tertiary/aromatic N) is 1. The molecular weight excluding hydrogens is 238 g/mol. The molecule has 2 aromatic rings. The maximum Gasteiger partial charge on any atom is 0.185 e. The monoisotopic (exact) mass is 255 g/mol. The number of hydrogen-bond acceptors (Lipinski definition) is 2. The fraction of sp³-hybridized carbons (Fsp3) is 0.200. The van der Waals surface area contributed by atoms with Crippen LogP contribution in [0.2, 0.25) is 19.6 Å². The molecule has 0 unspecified atom stereocenters. The zero-order valence-electron chi connectivity index (χ0n) is 11.0. The van der Waals surface area contributed by atoms with Gasteiger partial charge in [-0.25, -0.2) is 0 Å². The largest absolute Gasteiger partial charge is 0.289 e. The predicted molar refractivity (Wildman–Crippen MR) is 78.6 cm³/mol. The second-order valence-electron chi connectivity index (χ2n) is 5.44. The third-order valence-corrected chi connectivity index (χ3v) is 3.82. The Hall–Kier alpha value is -1.74. The van der Waals surface area contributed by atoms with E-state index in [1.54, 1.807) is 18.3 Å². The molecule has 1 heterocycles. The summed E-state index contributed by atoms with van der Waals surface area (Å²) in [6.07, 6.45) is 3.41. The summed E-state index contributed by atoms with van der Waals surface area (Å²) in [5.41, 5.74) is 3.67. The van der Waals surface area contributed by atoms with Gasteiger partial charge < -0.3 is 0 Å². The van der Waals surface area contributed by atoms with Crippen LogP contribution in [0, 0.1) is 0 Å². The van der Waals surface area contributed by atoms with E-state index in [0.717, 1.165) is 16.5 Å². The van der Waals surface area contributed by atoms with E-state index in [0.29, 0.717) is 0 Å². The highest BCUT2D eigenvalue weighted by molar-refractivity contribution is 6.81. The van der Waals surface area contributed by atoms with Crippen molar-refractivity contribution in [1.29, 1.82) is 0 Å². The minimum atomic E-state index is -1.34. The van der Waals surface area contributed by atoms with E-state index in [4.69, 9.17) is 0 Å². The molecule has 3 heteroatoms. The molecule has 0 N–H and O–H groups in total. The van der Waals surface area contributed by atoms with Crippen molar-refractivity contribution in [2.24, 2.45) is 0 Å². The Labute approximate surface area is 108 Å². The summed E-state index contributed by atoms with van der Waals surface area (Å²) in [4.78, 5) is 16.5. The number of allylic oxidation sites excluding steroid dienone is 1. The van der Waals surface area contributed by atoms with Crippen LogP contribution in [0.3, 0.4) is 0 Å². The lowest BCUT2D eigenvalue weighted by Gasteiger charge is -2.08. The molecule has 0 saturated heterocycles. The zero-order chi connectivity index (χ0) is 13.2. The van der Waals surface area contributed by atoms with E-state index in [1.807, 2.05) is 24.3 Å². The molecule has 0 aliphatic heterocycles. The minimum absolute atomic E-state index is 0.0658. The number of aromatic nitrogens is 1. The minimum Gasteiger partial charge on any atom is -0.289 e. The van der Waals surface area contributed by atoms with Crippen LogP contribution in [0.25, 0.3) is 10.9 Å². The average molecular weight is 255 g/mol. The van der Waals surface area contributed by atoms with Crippen molar-refractivity contribution in [2.45, 2.75) is 19.6 Å². The lowest BCUT2D eigenvalue weighted by atomic mass is 10.1. The normalized spacial score (nSPS) is 12.2. The number of fused-ring (bicyclic) bond motifs is 1. The molecule has 2 nitrogen and oxygen atoms in total. The van der Waals surface area contributed by atoms with Crippen LogP contribution in [0.5, 0.6) is 0 Å². The molecule has 18 heavy (non-hydrogen) atoms. The summed E-state index contributed by atoms with van der Waals surface area (Å²) >= 11 is 0. The van der Waals surface area contributed by atoms with Gasteiger partial charge in [-0.2, -0.15) is 0 Å². The summed E-state index contributed by atoms with van der Waals surface area (Å²) in [6, 6.07) is 9.52. The summed E-state index contributed by atoms with van der Waals surface area (Å²) in [5, 5.41) is 0.922. The van der Waals surface area contributed by atoms with Crippen LogP contribution in [-0.2, 0) is 0 Å². The van der Waals surface area contributed by atoms with Crippen LogP contribution in [0.1, 0.15) is 10.4 Å². The van der Waals surface area contributed by atoms with Crippen molar-refractivity contribution >= 4 is 24.8 Å². The highest BCUT2D eigenvalue weighted by atomic mass is 28.3. The van der Waals surface area contributed by atoms with Crippen molar-refractivity contribution < 1.29 is 4.79 Å². The van der Waals surface area contributed by atoms with Gasteiger partial charge in [0.25, 0.3) is 0 Å². The number of pyridine rings is 1. The van der Waals surface area contributed by atoms with Crippen molar-refractivity contribution in [2.75, 3.05) is 0 Å². The van der Waals surface area contributed by atoms with Gasteiger partial charge in [0, 0.05) is 17.1 Å². The van der Waals surface area contributed by atoms with Crippen molar-refractivity contribution in [1.82, 2.24) is 4.98 Å². The molecule has 0 saturated carbocycles. The average Bonchev–Trinajstić information content (AvgIpc) is 2.34. The Balaban J connectivity index is 2.43. The Kier molecular flexibility index (Phi) is 3.43. The number of rotatable bonds is 3. The molecule has 0 radical (unpaired) electrons. The van der Waals surface area contributed by atoms with Crippen LogP contribution in [-0.4, -0.2) is 18.8 Å². The molecule has 0 amide bonds. The zero-order valence-corrected chi connectivity index (χ0v) is 12.0. The molecule has 0 bridgehead atoms. The van der Waals surface area contributed by atoms with E-state index in [9.17, 15) is 4.79 Å². The SMILES string of the molecule is C[Si](C)(C)/C=C/C(=O)c1ccnc2ccccc12. The summed E-state index contributed by atoms with van der Waals surface area (Å²) in [6.45, 7) is 6.63. The standard InChI is InChI=1S/C15H17NOSi/c1-18(2,3)11-9-15(17)13-8-10-16-14-7-5-4-6-12(13)14/h4-11H,1-3H3/b11-9+. The molecule has 0 fully saturated rings. The lowest BCUT2D eigenvalue weighted by Crippen LogP contribution is -2.16. The first-order chi connectivity index (χ1) is 8.47. The Morgan fingerprint density at radius 3 is 2.61 bits per heavy atom. The van der Waals surface area contributed by atoms with Crippen LogP contribution in [0.4, 0.5) is 0 Å². The Bertz CT molecular complexity index is 606. The summed E-state index contributed by atoms with van der Waals surface area (Å²) < 4.78 is 0. The lowest BCUT2D eigenvalue weighted by molar-refractivity contribution is 0.104. The highest BCUT2D eigenvalue weighted by Gasteiger charge is 2.11. The Morgan fingerprint density at radius 2 is 1.89 bits per heavy atom.